The first kappa shape index (κ1) is 9.66. The quantitative estimate of drug-likeness (QED) is 0.723. The maximum absolute atomic E-state index is 13.5. The zero-order valence-electron chi connectivity index (χ0n) is 8.89. The van der Waals surface area contributed by atoms with Crippen molar-refractivity contribution in [1.29, 1.82) is 0 Å². The smallest absolute Gasteiger partial charge is 0.126 e. The summed E-state index contributed by atoms with van der Waals surface area (Å²) < 4.78 is 13.5. The highest BCUT2D eigenvalue weighted by atomic mass is 19.1. The maximum atomic E-state index is 13.5. The van der Waals surface area contributed by atoms with E-state index in [2.05, 4.69) is 19.2 Å². The van der Waals surface area contributed by atoms with Gasteiger partial charge in [0.05, 0.1) is 0 Å². The van der Waals surface area contributed by atoms with E-state index in [1.165, 1.54) is 11.1 Å². The minimum absolute atomic E-state index is 0.0461. The van der Waals surface area contributed by atoms with Crippen molar-refractivity contribution < 1.29 is 4.39 Å². The molecule has 0 aliphatic heterocycles. The van der Waals surface area contributed by atoms with E-state index in [-0.39, 0.29) is 5.82 Å². The summed E-state index contributed by atoms with van der Waals surface area (Å²) in [7, 11) is 1.95. The van der Waals surface area contributed by atoms with Gasteiger partial charge in [-0.1, -0.05) is 13.0 Å². The zero-order valence-corrected chi connectivity index (χ0v) is 8.89. The normalized spacial score (nSPS) is 25.1. The molecule has 2 rings (SSSR count). The van der Waals surface area contributed by atoms with Crippen molar-refractivity contribution in [3.63, 3.8) is 0 Å². The Balaban J connectivity index is 2.57. The Hall–Kier alpha value is -0.890. The third kappa shape index (κ3) is 1.25. The highest BCUT2D eigenvalue weighted by molar-refractivity contribution is 5.42. The van der Waals surface area contributed by atoms with E-state index in [1.54, 1.807) is 6.07 Å². The van der Waals surface area contributed by atoms with Crippen molar-refractivity contribution in [3.05, 3.63) is 34.6 Å². The van der Waals surface area contributed by atoms with Crippen molar-refractivity contribution in [3.8, 4) is 0 Å². The summed E-state index contributed by atoms with van der Waals surface area (Å²) in [6.45, 7) is 4.22. The van der Waals surface area contributed by atoms with Gasteiger partial charge in [-0.05, 0) is 49.1 Å². The van der Waals surface area contributed by atoms with Gasteiger partial charge in [0.25, 0.3) is 0 Å². The van der Waals surface area contributed by atoms with Crippen LogP contribution in [0.5, 0.6) is 0 Å². The molecule has 0 aromatic heterocycles. The van der Waals surface area contributed by atoms with Crippen LogP contribution < -0.4 is 5.32 Å². The molecule has 0 saturated heterocycles. The van der Waals surface area contributed by atoms with E-state index in [1.807, 2.05) is 13.1 Å². The second-order valence-corrected chi connectivity index (χ2v) is 4.20. The summed E-state index contributed by atoms with van der Waals surface area (Å²) in [5.41, 5.74) is 3.29. The fourth-order valence-corrected chi connectivity index (χ4v) is 2.55. The Morgan fingerprint density at radius 3 is 2.79 bits per heavy atom. The molecule has 1 aliphatic rings. The van der Waals surface area contributed by atoms with E-state index in [9.17, 15) is 4.39 Å². The van der Waals surface area contributed by atoms with E-state index in [0.717, 1.165) is 12.0 Å². The molecule has 1 N–H and O–H groups in total. The monoisotopic (exact) mass is 193 g/mol. The van der Waals surface area contributed by atoms with E-state index in [4.69, 9.17) is 0 Å². The second kappa shape index (κ2) is 3.35. The van der Waals surface area contributed by atoms with Gasteiger partial charge in [0.1, 0.15) is 5.82 Å². The molecule has 1 aliphatic carbocycles. The number of fused-ring (bicyclic) bond motifs is 1. The van der Waals surface area contributed by atoms with Crippen LogP contribution in [0.1, 0.15) is 29.7 Å². The van der Waals surface area contributed by atoms with Gasteiger partial charge in [0, 0.05) is 6.04 Å². The Morgan fingerprint density at radius 2 is 2.14 bits per heavy atom. The molecule has 1 aromatic rings. The lowest BCUT2D eigenvalue weighted by atomic mass is 9.99. The second-order valence-electron chi connectivity index (χ2n) is 4.20. The predicted molar refractivity (Wildman–Crippen MR) is 55.8 cm³/mol. The van der Waals surface area contributed by atoms with Gasteiger partial charge < -0.3 is 5.32 Å². The lowest BCUT2D eigenvalue weighted by Crippen LogP contribution is -2.20. The van der Waals surface area contributed by atoms with Gasteiger partial charge in [0.15, 0.2) is 0 Å². The van der Waals surface area contributed by atoms with Gasteiger partial charge in [-0.15, -0.1) is 0 Å². The molecule has 0 heterocycles. The fraction of sp³-hybridized carbons (Fsp3) is 0.500. The molecule has 0 radical (unpaired) electrons. The number of nitrogens with one attached hydrogen (secondary N) is 1. The molecule has 0 fully saturated rings. The zero-order chi connectivity index (χ0) is 10.3. The molecule has 0 bridgehead atoms. The molecule has 0 saturated carbocycles. The molecule has 1 nitrogen and oxygen atoms in total. The number of hydrogen-bond acceptors (Lipinski definition) is 1. The lowest BCUT2D eigenvalue weighted by molar-refractivity contribution is 0.444. The molecule has 14 heavy (non-hydrogen) atoms. The average Bonchev–Trinajstić information content (AvgIpc) is 2.50. The fourth-order valence-electron chi connectivity index (χ4n) is 2.55. The Kier molecular flexibility index (Phi) is 2.31. The molecular weight excluding hydrogens is 177 g/mol. The van der Waals surface area contributed by atoms with Crippen LogP contribution in [0.15, 0.2) is 12.1 Å². The number of halogens is 1. The van der Waals surface area contributed by atoms with Crippen LogP contribution in [0.4, 0.5) is 4.39 Å². The van der Waals surface area contributed by atoms with Gasteiger partial charge in [-0.3, -0.25) is 0 Å². The first-order chi connectivity index (χ1) is 6.65. The summed E-state index contributed by atoms with van der Waals surface area (Å²) in [5, 5.41) is 3.27. The first-order valence-electron chi connectivity index (χ1n) is 5.10. The summed E-state index contributed by atoms with van der Waals surface area (Å²) in [6.07, 6.45) is 0.856. The molecule has 2 unspecified atom stereocenters. The van der Waals surface area contributed by atoms with Gasteiger partial charge in [-0.25, -0.2) is 4.39 Å². The van der Waals surface area contributed by atoms with Crippen LogP contribution >= 0.6 is 0 Å². The molecular formula is C12H16FN. The SMILES string of the molecule is CNC1c2c(C)ccc(F)c2CC1C. The van der Waals surface area contributed by atoms with Gasteiger partial charge >= 0.3 is 0 Å². The van der Waals surface area contributed by atoms with Crippen molar-refractivity contribution >= 4 is 0 Å². The summed E-state index contributed by atoms with van der Waals surface area (Å²) in [6, 6.07) is 3.77. The van der Waals surface area contributed by atoms with E-state index >= 15 is 0 Å². The minimum atomic E-state index is -0.0461. The standard InChI is InChI=1S/C12H16FN/c1-7-4-5-10(13)9-6-8(2)12(14-3)11(7)9/h4-5,8,12,14H,6H2,1-3H3. The number of benzene rings is 1. The molecule has 2 heteroatoms. The molecule has 76 valence electrons. The Bertz CT molecular complexity index is 360. The molecule has 0 spiro atoms. The number of hydrogen-bond donors (Lipinski definition) is 1. The van der Waals surface area contributed by atoms with Crippen LogP contribution in [0.3, 0.4) is 0 Å². The number of rotatable bonds is 1. The van der Waals surface area contributed by atoms with Crippen LogP contribution in [0.2, 0.25) is 0 Å². The minimum Gasteiger partial charge on any atom is -0.313 e. The Labute approximate surface area is 84.3 Å². The average molecular weight is 193 g/mol. The van der Waals surface area contributed by atoms with Crippen LogP contribution in [-0.2, 0) is 6.42 Å². The maximum Gasteiger partial charge on any atom is 0.126 e. The van der Waals surface area contributed by atoms with Crippen molar-refractivity contribution in [2.75, 3.05) is 7.05 Å². The first-order valence-corrected chi connectivity index (χ1v) is 5.10. The Morgan fingerprint density at radius 1 is 1.43 bits per heavy atom. The number of aryl methyl sites for hydroxylation is 1. The van der Waals surface area contributed by atoms with Crippen LogP contribution in [0.25, 0.3) is 0 Å². The van der Waals surface area contributed by atoms with Gasteiger partial charge in [-0.2, -0.15) is 0 Å². The van der Waals surface area contributed by atoms with Crippen LogP contribution in [-0.4, -0.2) is 7.05 Å². The highest BCUT2D eigenvalue weighted by Crippen LogP contribution is 2.38. The highest BCUT2D eigenvalue weighted by Gasteiger charge is 2.31. The van der Waals surface area contributed by atoms with E-state index < -0.39 is 0 Å². The summed E-state index contributed by atoms with van der Waals surface area (Å²) in [4.78, 5) is 0. The van der Waals surface area contributed by atoms with E-state index in [0.29, 0.717) is 12.0 Å². The topological polar surface area (TPSA) is 12.0 Å². The molecule has 0 amide bonds. The van der Waals surface area contributed by atoms with Crippen molar-refractivity contribution in [1.82, 2.24) is 5.32 Å². The van der Waals surface area contributed by atoms with Crippen molar-refractivity contribution in [2.24, 2.45) is 5.92 Å². The van der Waals surface area contributed by atoms with Crippen molar-refractivity contribution in [2.45, 2.75) is 26.3 Å². The summed E-state index contributed by atoms with van der Waals surface area (Å²) >= 11 is 0. The third-order valence-corrected chi connectivity index (χ3v) is 3.24. The summed E-state index contributed by atoms with van der Waals surface area (Å²) in [5.74, 6) is 0.445. The predicted octanol–water partition coefficient (Wildman–Crippen LogP) is 2.59. The molecule has 1 aromatic carbocycles. The van der Waals surface area contributed by atoms with Crippen LogP contribution in [0, 0.1) is 18.7 Å². The largest absolute Gasteiger partial charge is 0.313 e. The third-order valence-electron chi connectivity index (χ3n) is 3.24. The molecule has 2 atom stereocenters. The van der Waals surface area contributed by atoms with Gasteiger partial charge in [0.2, 0.25) is 0 Å². The lowest BCUT2D eigenvalue weighted by Gasteiger charge is -2.17.